The molecule has 4 heteroatoms. The van der Waals surface area contributed by atoms with E-state index in [9.17, 15) is 0 Å². The minimum Gasteiger partial charge on any atom is -0.370 e. The Kier molecular flexibility index (Phi) is 5.55. The molecule has 0 atom stereocenters. The Balaban J connectivity index is 2.07. The van der Waals surface area contributed by atoms with Gasteiger partial charge in [0, 0.05) is 31.9 Å². The molecule has 1 aromatic carbocycles. The summed E-state index contributed by atoms with van der Waals surface area (Å²) in [5.41, 5.74) is 2.24. The van der Waals surface area contributed by atoms with Crippen LogP contribution in [-0.2, 0) is 6.54 Å². The lowest BCUT2D eigenvalue weighted by Gasteiger charge is -2.18. The predicted molar refractivity (Wildman–Crippen MR) is 88.7 cm³/mol. The Bertz CT molecular complexity index is 554. The molecule has 2 rings (SSSR count). The molecule has 0 aliphatic rings. The number of nitrogens with zero attached hydrogens (tertiary/aromatic N) is 3. The van der Waals surface area contributed by atoms with E-state index >= 15 is 0 Å². The maximum absolute atomic E-state index is 4.61. The Morgan fingerprint density at radius 3 is 2.62 bits per heavy atom. The van der Waals surface area contributed by atoms with Crippen molar-refractivity contribution in [3.8, 4) is 0 Å². The molecule has 112 valence electrons. The zero-order chi connectivity index (χ0) is 15.1. The summed E-state index contributed by atoms with van der Waals surface area (Å²) in [7, 11) is 2.03. The Hall–Kier alpha value is -2.10. The first kappa shape index (κ1) is 15.3. The van der Waals surface area contributed by atoms with Gasteiger partial charge in [-0.25, -0.2) is 4.98 Å². The molecule has 0 aliphatic carbocycles. The van der Waals surface area contributed by atoms with Gasteiger partial charge in [-0.2, -0.15) is 4.98 Å². The summed E-state index contributed by atoms with van der Waals surface area (Å²) < 4.78 is 0. The van der Waals surface area contributed by atoms with Gasteiger partial charge >= 0.3 is 0 Å². The second-order valence-electron chi connectivity index (χ2n) is 5.32. The Labute approximate surface area is 127 Å². The molecule has 0 saturated heterocycles. The van der Waals surface area contributed by atoms with Crippen LogP contribution in [0.2, 0.25) is 0 Å². The first-order valence-electron chi connectivity index (χ1n) is 7.53. The molecule has 21 heavy (non-hydrogen) atoms. The summed E-state index contributed by atoms with van der Waals surface area (Å²) in [6.45, 7) is 5.95. The molecule has 0 aliphatic heterocycles. The highest BCUT2D eigenvalue weighted by Gasteiger charge is 2.07. The van der Waals surface area contributed by atoms with Crippen molar-refractivity contribution in [2.24, 2.45) is 0 Å². The van der Waals surface area contributed by atoms with E-state index in [0.29, 0.717) is 0 Å². The average Bonchev–Trinajstić information content (AvgIpc) is 2.48. The van der Waals surface area contributed by atoms with E-state index in [2.05, 4.69) is 51.4 Å². The van der Waals surface area contributed by atoms with Gasteiger partial charge in [0.05, 0.1) is 0 Å². The summed E-state index contributed by atoms with van der Waals surface area (Å²) in [5.74, 6) is 1.67. The van der Waals surface area contributed by atoms with Gasteiger partial charge in [0.15, 0.2) is 0 Å². The second kappa shape index (κ2) is 7.62. The normalized spacial score (nSPS) is 10.4. The lowest BCUT2D eigenvalue weighted by molar-refractivity contribution is 0.823. The third kappa shape index (κ3) is 4.74. The fraction of sp³-hybridized carbons (Fsp3) is 0.412. The van der Waals surface area contributed by atoms with Crippen molar-refractivity contribution in [2.75, 3.05) is 23.8 Å². The van der Waals surface area contributed by atoms with Crippen molar-refractivity contribution >= 4 is 11.8 Å². The second-order valence-corrected chi connectivity index (χ2v) is 5.32. The number of aryl methyl sites for hydroxylation is 1. The van der Waals surface area contributed by atoms with Crippen LogP contribution in [0.3, 0.4) is 0 Å². The summed E-state index contributed by atoms with van der Waals surface area (Å²) in [6.07, 6.45) is 2.33. The van der Waals surface area contributed by atoms with Gasteiger partial charge in [-0.05, 0) is 18.9 Å². The zero-order valence-corrected chi connectivity index (χ0v) is 13.1. The summed E-state index contributed by atoms with van der Waals surface area (Å²) in [4.78, 5) is 11.2. The number of nitrogens with one attached hydrogen (secondary N) is 1. The summed E-state index contributed by atoms with van der Waals surface area (Å²) in [5, 5.41) is 3.37. The summed E-state index contributed by atoms with van der Waals surface area (Å²) >= 11 is 0. The number of anilines is 2. The highest BCUT2D eigenvalue weighted by atomic mass is 15.2. The first-order chi connectivity index (χ1) is 10.2. The SMILES string of the molecule is CCCCNc1cc(C)nc(N(C)Cc2ccccc2)n1. The molecule has 1 aromatic heterocycles. The van der Waals surface area contributed by atoms with Gasteiger partial charge in [-0.1, -0.05) is 43.7 Å². The quantitative estimate of drug-likeness (QED) is 0.788. The van der Waals surface area contributed by atoms with Crippen LogP contribution in [0.15, 0.2) is 36.4 Å². The fourth-order valence-corrected chi connectivity index (χ4v) is 2.14. The third-order valence-corrected chi connectivity index (χ3v) is 3.28. The number of unbranched alkanes of at least 4 members (excludes halogenated alkanes) is 1. The highest BCUT2D eigenvalue weighted by Crippen LogP contribution is 2.15. The Morgan fingerprint density at radius 1 is 1.14 bits per heavy atom. The van der Waals surface area contributed by atoms with Gasteiger partial charge in [-0.3, -0.25) is 0 Å². The minimum atomic E-state index is 0.762. The molecule has 0 bridgehead atoms. The largest absolute Gasteiger partial charge is 0.370 e. The molecule has 0 fully saturated rings. The van der Waals surface area contributed by atoms with Gasteiger partial charge in [0.2, 0.25) is 5.95 Å². The van der Waals surface area contributed by atoms with Crippen molar-refractivity contribution in [3.63, 3.8) is 0 Å². The van der Waals surface area contributed by atoms with Crippen molar-refractivity contribution in [3.05, 3.63) is 47.7 Å². The topological polar surface area (TPSA) is 41.1 Å². The van der Waals surface area contributed by atoms with Crippen LogP contribution >= 0.6 is 0 Å². The van der Waals surface area contributed by atoms with Crippen molar-refractivity contribution in [1.82, 2.24) is 9.97 Å². The van der Waals surface area contributed by atoms with Crippen LogP contribution in [0.5, 0.6) is 0 Å². The van der Waals surface area contributed by atoms with E-state index < -0.39 is 0 Å². The van der Waals surface area contributed by atoms with Crippen LogP contribution in [0.4, 0.5) is 11.8 Å². The summed E-state index contributed by atoms with van der Waals surface area (Å²) in [6, 6.07) is 12.4. The van der Waals surface area contributed by atoms with Crippen LogP contribution < -0.4 is 10.2 Å². The molecule has 1 heterocycles. The molecule has 4 nitrogen and oxygen atoms in total. The standard InChI is InChI=1S/C17H24N4/c1-4-5-11-18-16-12-14(2)19-17(20-16)21(3)13-15-9-7-6-8-10-15/h6-10,12H,4-5,11,13H2,1-3H3,(H,18,19,20). The van der Waals surface area contributed by atoms with E-state index in [1.54, 1.807) is 0 Å². The van der Waals surface area contributed by atoms with Crippen LogP contribution in [0.1, 0.15) is 31.0 Å². The average molecular weight is 284 g/mol. The van der Waals surface area contributed by atoms with Crippen molar-refractivity contribution < 1.29 is 0 Å². The number of benzene rings is 1. The minimum absolute atomic E-state index is 0.762. The van der Waals surface area contributed by atoms with E-state index in [1.807, 2.05) is 26.1 Å². The van der Waals surface area contributed by atoms with E-state index in [1.165, 1.54) is 12.0 Å². The van der Waals surface area contributed by atoms with E-state index in [0.717, 1.165) is 37.0 Å². The molecule has 2 aromatic rings. The maximum Gasteiger partial charge on any atom is 0.227 e. The van der Waals surface area contributed by atoms with Crippen molar-refractivity contribution in [2.45, 2.75) is 33.2 Å². The first-order valence-corrected chi connectivity index (χ1v) is 7.53. The van der Waals surface area contributed by atoms with Crippen LogP contribution in [0, 0.1) is 6.92 Å². The van der Waals surface area contributed by atoms with Gasteiger partial charge in [0.1, 0.15) is 5.82 Å². The molecule has 0 spiro atoms. The molecular weight excluding hydrogens is 260 g/mol. The lowest BCUT2D eigenvalue weighted by atomic mass is 10.2. The number of hydrogen-bond donors (Lipinski definition) is 1. The molecule has 0 unspecified atom stereocenters. The maximum atomic E-state index is 4.61. The lowest BCUT2D eigenvalue weighted by Crippen LogP contribution is -2.20. The number of rotatable bonds is 7. The van der Waals surface area contributed by atoms with E-state index in [-0.39, 0.29) is 0 Å². The fourth-order valence-electron chi connectivity index (χ4n) is 2.14. The smallest absolute Gasteiger partial charge is 0.227 e. The number of aromatic nitrogens is 2. The van der Waals surface area contributed by atoms with Gasteiger partial charge in [0.25, 0.3) is 0 Å². The highest BCUT2D eigenvalue weighted by molar-refractivity contribution is 5.43. The van der Waals surface area contributed by atoms with E-state index in [4.69, 9.17) is 0 Å². The molecule has 1 N–H and O–H groups in total. The molecule has 0 amide bonds. The Morgan fingerprint density at radius 2 is 1.90 bits per heavy atom. The third-order valence-electron chi connectivity index (χ3n) is 3.28. The monoisotopic (exact) mass is 284 g/mol. The van der Waals surface area contributed by atoms with Gasteiger partial charge < -0.3 is 10.2 Å². The molecule has 0 saturated carbocycles. The molecular formula is C17H24N4. The zero-order valence-electron chi connectivity index (χ0n) is 13.1. The predicted octanol–water partition coefficient (Wildman–Crippen LogP) is 3.63. The van der Waals surface area contributed by atoms with Gasteiger partial charge in [-0.15, -0.1) is 0 Å². The van der Waals surface area contributed by atoms with Crippen LogP contribution in [-0.4, -0.2) is 23.6 Å². The van der Waals surface area contributed by atoms with Crippen molar-refractivity contribution in [1.29, 1.82) is 0 Å². The van der Waals surface area contributed by atoms with Crippen LogP contribution in [0.25, 0.3) is 0 Å². The molecule has 0 radical (unpaired) electrons. The number of hydrogen-bond acceptors (Lipinski definition) is 4.